The summed E-state index contributed by atoms with van der Waals surface area (Å²) in [5, 5.41) is 0. The lowest BCUT2D eigenvalue weighted by Gasteiger charge is -2.25. The van der Waals surface area contributed by atoms with E-state index in [-0.39, 0.29) is 55.1 Å². The molecule has 444 valence electrons. The van der Waals surface area contributed by atoms with Crippen LogP contribution in [0, 0.1) is 71.0 Å². The molecule has 1 rings (SSSR count). The summed E-state index contributed by atoms with van der Waals surface area (Å²) < 4.78 is 29.7. The van der Waals surface area contributed by atoms with Gasteiger partial charge in [-0.05, 0) is 71.0 Å². The van der Waals surface area contributed by atoms with Crippen LogP contribution in [-0.4, -0.2) is 48.7 Å². The zero-order valence-corrected chi connectivity index (χ0v) is 52.2. The first kappa shape index (κ1) is 71.1. The molecule has 0 saturated carbocycles. The normalized spacial score (nSPS) is 17.6. The predicted octanol–water partition coefficient (Wildman–Crippen LogP) is 18.3. The van der Waals surface area contributed by atoms with Crippen LogP contribution in [0.4, 0.5) is 0 Å². The highest BCUT2D eigenvalue weighted by Gasteiger charge is 2.47. The van der Waals surface area contributed by atoms with Gasteiger partial charge in [-0.3, -0.25) is 19.2 Å². The van der Waals surface area contributed by atoms with Gasteiger partial charge in [0.05, 0.1) is 0 Å². The van der Waals surface area contributed by atoms with Gasteiger partial charge in [-0.25, -0.2) is 4.79 Å². The average molecular weight is 1070 g/mol. The van der Waals surface area contributed by atoms with E-state index in [1.165, 1.54) is 77.0 Å². The predicted molar refractivity (Wildman–Crippen MR) is 312 cm³/mol. The molecule has 1 aliphatic rings. The third-order valence-corrected chi connectivity index (χ3v) is 15.9. The van der Waals surface area contributed by atoms with E-state index < -0.39 is 54.4 Å². The van der Waals surface area contributed by atoms with Gasteiger partial charge in [-0.15, -0.1) is 0 Å². The topological polar surface area (TPSA) is 132 Å². The number of hydrogen-bond acceptors (Lipinski definition) is 10. The monoisotopic (exact) mass is 1070 g/mol. The summed E-state index contributed by atoms with van der Waals surface area (Å²) in [6, 6.07) is 0. The number of ether oxygens (including phenoxy) is 5. The fourth-order valence-corrected chi connectivity index (χ4v) is 10.7. The maximum Gasteiger partial charge on any atom is 0.379 e. The number of rotatable bonds is 46. The van der Waals surface area contributed by atoms with Crippen LogP contribution in [0.5, 0.6) is 0 Å². The second-order valence-corrected chi connectivity index (χ2v) is 26.9. The molecule has 0 bridgehead atoms. The largest absolute Gasteiger partial charge is 0.462 e. The Morgan fingerprint density at radius 3 is 0.974 bits per heavy atom. The van der Waals surface area contributed by atoms with Crippen molar-refractivity contribution in [1.29, 1.82) is 0 Å². The maximum absolute atomic E-state index is 13.9. The molecule has 0 aromatic heterocycles. The first-order valence-corrected chi connectivity index (χ1v) is 31.6. The summed E-state index contributed by atoms with van der Waals surface area (Å²) in [4.78, 5) is 68.9. The van der Waals surface area contributed by atoms with Gasteiger partial charge >= 0.3 is 29.8 Å². The summed E-state index contributed by atoms with van der Waals surface area (Å²) in [6.45, 7) is 34.9. The van der Waals surface area contributed by atoms with Gasteiger partial charge in [0.25, 0.3) is 5.76 Å². The van der Waals surface area contributed by atoms with Crippen molar-refractivity contribution in [3.05, 3.63) is 11.5 Å². The second kappa shape index (κ2) is 41.2. The van der Waals surface area contributed by atoms with E-state index in [0.717, 1.165) is 77.0 Å². The van der Waals surface area contributed by atoms with Gasteiger partial charge < -0.3 is 23.7 Å². The highest BCUT2D eigenvalue weighted by molar-refractivity contribution is 5.93. The second-order valence-electron chi connectivity index (χ2n) is 26.9. The number of cyclic esters (lactones) is 1. The molecular weight excluding hydrogens is 953 g/mol. The van der Waals surface area contributed by atoms with E-state index in [4.69, 9.17) is 23.7 Å². The maximum atomic E-state index is 13.9. The number of esters is 5. The Hall–Kier alpha value is -2.91. The van der Waals surface area contributed by atoms with Crippen LogP contribution in [0.1, 0.15) is 291 Å². The lowest BCUT2D eigenvalue weighted by Crippen LogP contribution is -2.39. The van der Waals surface area contributed by atoms with Crippen molar-refractivity contribution >= 4 is 29.8 Å². The van der Waals surface area contributed by atoms with Gasteiger partial charge in [0, 0.05) is 25.7 Å². The number of carbonyl (C=O) groups is 5. The molecule has 0 fully saturated rings. The molecule has 0 N–H and O–H groups in total. The standard InChI is InChI=1S/C66H120O10/c1-46(2)25-17-29-50(9)33-21-37-54(13)41-59(67)72-45-58(73-60(68)42-55(14)38-22-34-51(10)30-18-26-47(3)4)63-64(74-61(69)43-56(15)39-23-35-52(11)31-19-27-48(5)6)65(66(71)76-63)75-62(70)44-57(16)40-24-36-53(12)32-20-28-49(7)8/h46-58,63H,17-45H2,1-16H3. The molecule has 1 aliphatic heterocycles. The first-order chi connectivity index (χ1) is 35.8. The Bertz CT molecular complexity index is 1610. The number of carbonyl (C=O) groups excluding carboxylic acids is 5. The highest BCUT2D eigenvalue weighted by Crippen LogP contribution is 2.33. The van der Waals surface area contributed by atoms with Crippen LogP contribution in [0.3, 0.4) is 0 Å². The third-order valence-electron chi connectivity index (χ3n) is 15.9. The van der Waals surface area contributed by atoms with Crippen LogP contribution < -0.4 is 0 Å². The SMILES string of the molecule is CC(C)CCCC(C)CCCC(C)CC(=O)OCC(OC(=O)CC(C)CCCC(C)CCCC(C)C)C1OC(=O)C(OC(=O)CC(C)CCCC(C)CCCC(C)C)=C1OC(=O)CC(C)CCCC(C)CCCC(C)C. The molecule has 0 radical (unpaired) electrons. The molecule has 0 saturated heterocycles. The van der Waals surface area contributed by atoms with Crippen LogP contribution in [0.2, 0.25) is 0 Å². The summed E-state index contributed by atoms with van der Waals surface area (Å²) in [5.41, 5.74) is 0. The van der Waals surface area contributed by atoms with Gasteiger partial charge in [0.2, 0.25) is 11.9 Å². The molecular formula is C66H120O10. The van der Waals surface area contributed by atoms with Gasteiger partial charge in [0.15, 0.2) is 6.10 Å². The lowest BCUT2D eigenvalue weighted by molar-refractivity contribution is -0.173. The first-order valence-electron chi connectivity index (χ1n) is 31.6. The van der Waals surface area contributed by atoms with Gasteiger partial charge in [0.1, 0.15) is 6.61 Å². The van der Waals surface area contributed by atoms with E-state index >= 15 is 0 Å². The van der Waals surface area contributed by atoms with E-state index in [1.807, 2.05) is 27.7 Å². The minimum atomic E-state index is -1.48. The van der Waals surface area contributed by atoms with Crippen molar-refractivity contribution in [1.82, 2.24) is 0 Å². The van der Waals surface area contributed by atoms with Crippen molar-refractivity contribution in [2.75, 3.05) is 6.61 Å². The Kier molecular flexibility index (Phi) is 38.5. The molecule has 0 spiro atoms. The van der Waals surface area contributed by atoms with E-state index in [9.17, 15) is 24.0 Å². The van der Waals surface area contributed by atoms with E-state index in [2.05, 4.69) is 83.1 Å². The zero-order chi connectivity index (χ0) is 57.2. The third kappa shape index (κ3) is 36.3. The van der Waals surface area contributed by atoms with E-state index in [0.29, 0.717) is 47.3 Å². The van der Waals surface area contributed by atoms with Crippen LogP contribution in [0.25, 0.3) is 0 Å². The van der Waals surface area contributed by atoms with Crippen molar-refractivity contribution in [3.63, 3.8) is 0 Å². The van der Waals surface area contributed by atoms with Crippen LogP contribution in [-0.2, 0) is 47.7 Å². The van der Waals surface area contributed by atoms with Gasteiger partial charge in [-0.1, -0.05) is 265 Å². The smallest absolute Gasteiger partial charge is 0.379 e. The molecule has 10 unspecified atom stereocenters. The lowest BCUT2D eigenvalue weighted by atomic mass is 9.92. The van der Waals surface area contributed by atoms with E-state index in [1.54, 1.807) is 0 Å². The molecule has 10 atom stereocenters. The summed E-state index contributed by atoms with van der Waals surface area (Å²) in [7, 11) is 0. The minimum Gasteiger partial charge on any atom is -0.462 e. The average Bonchev–Trinajstić information content (AvgIpc) is 3.59. The van der Waals surface area contributed by atoms with Crippen molar-refractivity contribution in [2.45, 2.75) is 303 Å². The Morgan fingerprint density at radius 1 is 0.368 bits per heavy atom. The molecule has 0 aromatic rings. The molecule has 1 heterocycles. The fourth-order valence-electron chi connectivity index (χ4n) is 10.7. The molecule has 0 aromatic carbocycles. The summed E-state index contributed by atoms with van der Waals surface area (Å²) >= 11 is 0. The Labute approximate surface area is 467 Å². The highest BCUT2D eigenvalue weighted by atomic mass is 16.7. The molecule has 76 heavy (non-hydrogen) atoms. The summed E-state index contributed by atoms with van der Waals surface area (Å²) in [6.07, 6.45) is 23.7. The van der Waals surface area contributed by atoms with Crippen molar-refractivity contribution in [2.24, 2.45) is 71.0 Å². The van der Waals surface area contributed by atoms with Gasteiger partial charge in [-0.2, -0.15) is 0 Å². The summed E-state index contributed by atoms with van der Waals surface area (Å²) in [5.74, 6) is 1.16. The number of hydrogen-bond donors (Lipinski definition) is 0. The van der Waals surface area contributed by atoms with Crippen LogP contribution in [0.15, 0.2) is 11.5 Å². The molecule has 10 nitrogen and oxygen atoms in total. The molecule has 0 aliphatic carbocycles. The van der Waals surface area contributed by atoms with Crippen molar-refractivity contribution < 1.29 is 47.7 Å². The Balaban J connectivity index is 3.36. The molecule has 10 heteroatoms. The van der Waals surface area contributed by atoms with Crippen molar-refractivity contribution in [3.8, 4) is 0 Å². The Morgan fingerprint density at radius 2 is 0.645 bits per heavy atom. The molecule has 0 amide bonds. The van der Waals surface area contributed by atoms with Crippen LogP contribution >= 0.6 is 0 Å². The minimum absolute atomic E-state index is 0.00686. The fraction of sp³-hybridized carbons (Fsp3) is 0.894. The zero-order valence-electron chi connectivity index (χ0n) is 52.2. The quantitative estimate of drug-likeness (QED) is 0.0429.